The minimum atomic E-state index is 0.512. The molecule has 0 unspecified atom stereocenters. The maximum absolute atomic E-state index is 6.03. The summed E-state index contributed by atoms with van der Waals surface area (Å²) >= 11 is 6.03. The van der Waals surface area contributed by atoms with E-state index in [1.165, 1.54) is 12.8 Å². The van der Waals surface area contributed by atoms with Gasteiger partial charge in [-0.05, 0) is 24.5 Å². The lowest BCUT2D eigenvalue weighted by Gasteiger charge is -2.02. The Morgan fingerprint density at radius 2 is 2.33 bits per heavy atom. The Morgan fingerprint density at radius 1 is 1.58 bits per heavy atom. The lowest BCUT2D eigenvalue weighted by Crippen LogP contribution is -1.91. The molecular weight excluding hydrogens is 168 g/mol. The summed E-state index contributed by atoms with van der Waals surface area (Å²) < 4.78 is 0. The maximum Gasteiger partial charge on any atom is 0.0717 e. The molecule has 0 bridgehead atoms. The van der Waals surface area contributed by atoms with Gasteiger partial charge in [0.25, 0.3) is 0 Å². The van der Waals surface area contributed by atoms with Crippen molar-refractivity contribution in [1.82, 2.24) is 4.98 Å². The summed E-state index contributed by atoms with van der Waals surface area (Å²) in [5.74, 6) is 0.615. The zero-order valence-electron chi connectivity index (χ0n) is 6.76. The summed E-state index contributed by atoms with van der Waals surface area (Å²) in [5.41, 5.74) is 2.05. The van der Waals surface area contributed by atoms with Gasteiger partial charge in [-0.3, -0.25) is 4.98 Å². The first kappa shape index (κ1) is 8.12. The van der Waals surface area contributed by atoms with Gasteiger partial charge in [0.2, 0.25) is 0 Å². The molecule has 0 amide bonds. The molecule has 0 saturated heterocycles. The molecule has 1 fully saturated rings. The molecule has 3 heteroatoms. The zero-order chi connectivity index (χ0) is 8.55. The number of aromatic nitrogens is 1. The first-order valence-electron chi connectivity index (χ1n) is 4.15. The summed E-state index contributed by atoms with van der Waals surface area (Å²) in [6.45, 7) is 0. The predicted octanol–water partition coefficient (Wildman–Crippen LogP) is 2.28. The van der Waals surface area contributed by atoms with Gasteiger partial charge in [-0.25, -0.2) is 0 Å². The third kappa shape index (κ3) is 1.49. The van der Waals surface area contributed by atoms with E-state index in [1.54, 1.807) is 0 Å². The predicted molar refractivity (Wildman–Crippen MR) is 50.7 cm³/mol. The van der Waals surface area contributed by atoms with Crippen LogP contribution in [0.3, 0.4) is 0 Å². The average molecular weight is 177 g/mol. The maximum atomic E-state index is 6.03. The molecular formula is C9H9BClN. The van der Waals surface area contributed by atoms with Gasteiger partial charge in [0.05, 0.1) is 18.6 Å². The van der Waals surface area contributed by atoms with Gasteiger partial charge < -0.3 is 0 Å². The van der Waals surface area contributed by atoms with E-state index in [0.717, 1.165) is 16.3 Å². The van der Waals surface area contributed by atoms with Crippen LogP contribution in [0, 0.1) is 0 Å². The highest BCUT2D eigenvalue weighted by Crippen LogP contribution is 2.41. The molecule has 0 spiro atoms. The van der Waals surface area contributed by atoms with E-state index in [4.69, 9.17) is 19.4 Å². The zero-order valence-corrected chi connectivity index (χ0v) is 7.51. The third-order valence-electron chi connectivity index (χ3n) is 2.13. The molecule has 2 rings (SSSR count). The fraction of sp³-hybridized carbons (Fsp3) is 0.444. The fourth-order valence-corrected chi connectivity index (χ4v) is 1.60. The Bertz CT molecular complexity index is 297. The molecule has 1 nitrogen and oxygen atoms in total. The molecule has 1 aliphatic rings. The van der Waals surface area contributed by atoms with Crippen molar-refractivity contribution in [3.8, 4) is 0 Å². The van der Waals surface area contributed by atoms with Crippen LogP contribution in [0.5, 0.6) is 0 Å². The van der Waals surface area contributed by atoms with E-state index < -0.39 is 0 Å². The van der Waals surface area contributed by atoms with Crippen LogP contribution >= 0.6 is 11.6 Å². The molecule has 0 atom stereocenters. The number of halogens is 1. The molecule has 1 aromatic rings. The van der Waals surface area contributed by atoms with Crippen LogP contribution in [0.2, 0.25) is 5.02 Å². The van der Waals surface area contributed by atoms with Gasteiger partial charge >= 0.3 is 0 Å². The second-order valence-corrected chi connectivity index (χ2v) is 3.60. The number of pyridine rings is 1. The molecule has 1 saturated carbocycles. The average Bonchev–Trinajstić information content (AvgIpc) is 2.87. The van der Waals surface area contributed by atoms with Crippen LogP contribution in [-0.2, 0) is 6.32 Å². The van der Waals surface area contributed by atoms with Crippen molar-refractivity contribution in [3.05, 3.63) is 28.5 Å². The first-order valence-corrected chi connectivity index (χ1v) is 4.53. The van der Waals surface area contributed by atoms with Crippen LogP contribution < -0.4 is 0 Å². The Hall–Kier alpha value is -0.495. The summed E-state index contributed by atoms with van der Waals surface area (Å²) in [6.07, 6.45) is 4.79. The van der Waals surface area contributed by atoms with Crippen molar-refractivity contribution >= 4 is 19.4 Å². The van der Waals surface area contributed by atoms with Gasteiger partial charge in [-0.1, -0.05) is 17.9 Å². The van der Waals surface area contributed by atoms with E-state index in [-0.39, 0.29) is 0 Å². The number of hydrogen-bond acceptors (Lipinski definition) is 1. The molecule has 0 N–H and O–H groups in total. The standard InChI is InChI=1S/C9H9BClN/c10-4-6-3-8(11)9(12-5-6)7-1-2-7/h3,5,7H,1-2,4H2. The molecule has 1 aromatic heterocycles. The van der Waals surface area contributed by atoms with E-state index >= 15 is 0 Å². The molecule has 2 radical (unpaired) electrons. The molecule has 12 heavy (non-hydrogen) atoms. The number of nitrogens with zero attached hydrogens (tertiary/aromatic N) is 1. The lowest BCUT2D eigenvalue weighted by atomic mass is 9.98. The van der Waals surface area contributed by atoms with Crippen LogP contribution in [0.15, 0.2) is 12.3 Å². The van der Waals surface area contributed by atoms with Gasteiger partial charge in [-0.15, -0.1) is 0 Å². The highest BCUT2D eigenvalue weighted by atomic mass is 35.5. The number of rotatable bonds is 2. The Balaban J connectivity index is 2.32. The smallest absolute Gasteiger partial charge is 0.0717 e. The van der Waals surface area contributed by atoms with Crippen LogP contribution in [0.25, 0.3) is 0 Å². The molecule has 1 aliphatic carbocycles. The molecule has 0 aromatic carbocycles. The van der Waals surface area contributed by atoms with Gasteiger partial charge in [-0.2, -0.15) is 0 Å². The van der Waals surface area contributed by atoms with Crippen molar-refractivity contribution < 1.29 is 0 Å². The van der Waals surface area contributed by atoms with E-state index in [0.29, 0.717) is 12.2 Å². The van der Waals surface area contributed by atoms with Crippen molar-refractivity contribution in [3.63, 3.8) is 0 Å². The van der Waals surface area contributed by atoms with Crippen molar-refractivity contribution in [2.75, 3.05) is 0 Å². The summed E-state index contributed by atoms with van der Waals surface area (Å²) in [7, 11) is 5.46. The van der Waals surface area contributed by atoms with Crippen molar-refractivity contribution in [1.29, 1.82) is 0 Å². The molecule has 0 aliphatic heterocycles. The quantitative estimate of drug-likeness (QED) is 0.632. The third-order valence-corrected chi connectivity index (χ3v) is 2.43. The van der Waals surface area contributed by atoms with E-state index in [9.17, 15) is 0 Å². The van der Waals surface area contributed by atoms with Crippen molar-refractivity contribution in [2.24, 2.45) is 0 Å². The Labute approximate surface area is 78.6 Å². The normalized spacial score (nSPS) is 16.4. The topological polar surface area (TPSA) is 12.9 Å². The second-order valence-electron chi connectivity index (χ2n) is 3.19. The Kier molecular flexibility index (Phi) is 2.10. The second kappa shape index (κ2) is 3.10. The molecule has 60 valence electrons. The summed E-state index contributed by atoms with van der Waals surface area (Å²) in [6, 6.07) is 1.92. The van der Waals surface area contributed by atoms with Crippen LogP contribution in [-0.4, -0.2) is 12.8 Å². The highest BCUT2D eigenvalue weighted by molar-refractivity contribution is 6.31. The lowest BCUT2D eigenvalue weighted by molar-refractivity contribution is 1.01. The van der Waals surface area contributed by atoms with Crippen LogP contribution in [0.4, 0.5) is 0 Å². The van der Waals surface area contributed by atoms with Crippen molar-refractivity contribution in [2.45, 2.75) is 25.1 Å². The highest BCUT2D eigenvalue weighted by Gasteiger charge is 2.26. The van der Waals surface area contributed by atoms with E-state index in [1.807, 2.05) is 12.3 Å². The largest absolute Gasteiger partial charge is 0.259 e. The Morgan fingerprint density at radius 3 is 2.83 bits per heavy atom. The minimum Gasteiger partial charge on any atom is -0.259 e. The first-order chi connectivity index (χ1) is 5.81. The number of hydrogen-bond donors (Lipinski definition) is 0. The minimum absolute atomic E-state index is 0.512. The van der Waals surface area contributed by atoms with Gasteiger partial charge in [0.1, 0.15) is 0 Å². The summed E-state index contributed by atoms with van der Waals surface area (Å²) in [4.78, 5) is 4.30. The molecule has 1 heterocycles. The van der Waals surface area contributed by atoms with Crippen LogP contribution in [0.1, 0.15) is 30.0 Å². The summed E-state index contributed by atoms with van der Waals surface area (Å²) in [5, 5.41) is 0.778. The van der Waals surface area contributed by atoms with E-state index in [2.05, 4.69) is 4.98 Å². The fourth-order valence-electron chi connectivity index (χ4n) is 1.26. The van der Waals surface area contributed by atoms with Gasteiger partial charge in [0, 0.05) is 12.1 Å². The monoisotopic (exact) mass is 177 g/mol. The van der Waals surface area contributed by atoms with Gasteiger partial charge in [0.15, 0.2) is 0 Å². The SMILES string of the molecule is [B]Cc1cnc(C2CC2)c(Cl)c1.